The maximum atomic E-state index is 12.9. The van der Waals surface area contributed by atoms with Gasteiger partial charge in [0.2, 0.25) is 0 Å². The zero-order valence-corrected chi connectivity index (χ0v) is 9.85. The van der Waals surface area contributed by atoms with Gasteiger partial charge in [-0.05, 0) is 44.6 Å². The third kappa shape index (κ3) is 2.38. The summed E-state index contributed by atoms with van der Waals surface area (Å²) in [5.74, 6) is 0.0778. The van der Waals surface area contributed by atoms with Crippen LogP contribution in [0.3, 0.4) is 0 Å². The van der Waals surface area contributed by atoms with Crippen molar-refractivity contribution in [2.75, 3.05) is 13.2 Å². The first-order valence-corrected chi connectivity index (χ1v) is 6.32. The molecular formula is C12H21F2NO. The van der Waals surface area contributed by atoms with E-state index >= 15 is 0 Å². The van der Waals surface area contributed by atoms with Crippen molar-refractivity contribution in [1.29, 1.82) is 0 Å². The topological polar surface area (TPSA) is 21.3 Å². The molecule has 4 heteroatoms. The number of halogens is 2. The molecule has 2 nitrogen and oxygen atoms in total. The van der Waals surface area contributed by atoms with Crippen molar-refractivity contribution in [3.8, 4) is 0 Å². The summed E-state index contributed by atoms with van der Waals surface area (Å²) in [5.41, 5.74) is -0.0362. The molecule has 1 N–H and O–H groups in total. The Hall–Kier alpha value is -0.220. The zero-order chi connectivity index (χ0) is 11.6. The average molecular weight is 233 g/mol. The Balaban J connectivity index is 1.95. The highest BCUT2D eigenvalue weighted by Gasteiger charge is 2.45. The predicted octanol–water partition coefficient (Wildman–Crippen LogP) is 2.58. The van der Waals surface area contributed by atoms with E-state index in [1.807, 2.05) is 6.92 Å². The molecular weight excluding hydrogens is 212 g/mol. The van der Waals surface area contributed by atoms with Gasteiger partial charge in [0, 0.05) is 6.61 Å². The van der Waals surface area contributed by atoms with Crippen LogP contribution >= 0.6 is 0 Å². The second-order valence-corrected chi connectivity index (χ2v) is 5.06. The fraction of sp³-hybridized carbons (Fsp3) is 1.00. The third-order valence-corrected chi connectivity index (χ3v) is 4.02. The second-order valence-electron chi connectivity index (χ2n) is 5.06. The minimum Gasteiger partial charge on any atom is -0.375 e. The molecule has 0 aromatic rings. The van der Waals surface area contributed by atoms with E-state index in [2.05, 4.69) is 5.32 Å². The van der Waals surface area contributed by atoms with Gasteiger partial charge in [-0.3, -0.25) is 0 Å². The maximum Gasteiger partial charge on any atom is 0.253 e. The Labute approximate surface area is 95.7 Å². The van der Waals surface area contributed by atoms with Crippen molar-refractivity contribution < 1.29 is 13.5 Å². The van der Waals surface area contributed by atoms with Gasteiger partial charge in [0.05, 0.1) is 11.6 Å². The largest absolute Gasteiger partial charge is 0.375 e. The average Bonchev–Trinajstić information content (AvgIpc) is 2.23. The zero-order valence-electron chi connectivity index (χ0n) is 9.85. The van der Waals surface area contributed by atoms with Gasteiger partial charge in [0.15, 0.2) is 0 Å². The van der Waals surface area contributed by atoms with Gasteiger partial charge < -0.3 is 10.1 Å². The highest BCUT2D eigenvalue weighted by Crippen LogP contribution is 2.45. The van der Waals surface area contributed by atoms with Crippen LogP contribution in [-0.2, 0) is 4.74 Å². The standard InChI is InChI=1S/C12H21F2NO/c1-2-15-10(11(13)14)9-4-7-16-12(8-9)5-3-6-12/h9-11,15H,2-8H2,1H3. The van der Waals surface area contributed by atoms with Crippen molar-refractivity contribution >= 4 is 0 Å². The molecule has 2 fully saturated rings. The molecule has 2 aliphatic rings. The molecule has 1 saturated heterocycles. The lowest BCUT2D eigenvalue weighted by molar-refractivity contribution is -0.152. The van der Waals surface area contributed by atoms with Crippen molar-refractivity contribution in [3.63, 3.8) is 0 Å². The van der Waals surface area contributed by atoms with E-state index in [1.165, 1.54) is 6.42 Å². The molecule has 2 unspecified atom stereocenters. The summed E-state index contributed by atoms with van der Waals surface area (Å²) in [6.07, 6.45) is 2.63. The first kappa shape index (κ1) is 12.2. The summed E-state index contributed by atoms with van der Waals surface area (Å²) < 4.78 is 31.6. The summed E-state index contributed by atoms with van der Waals surface area (Å²) in [4.78, 5) is 0. The van der Waals surface area contributed by atoms with Crippen LogP contribution < -0.4 is 5.32 Å². The molecule has 0 amide bonds. The molecule has 0 bridgehead atoms. The van der Waals surface area contributed by atoms with Crippen LogP contribution in [0.5, 0.6) is 0 Å². The molecule has 2 atom stereocenters. The van der Waals surface area contributed by atoms with Gasteiger partial charge in [0.25, 0.3) is 6.43 Å². The fourth-order valence-electron chi connectivity index (χ4n) is 2.99. The Kier molecular flexibility index (Phi) is 3.80. The van der Waals surface area contributed by atoms with Crippen molar-refractivity contribution in [3.05, 3.63) is 0 Å². The number of nitrogens with one attached hydrogen (secondary N) is 1. The third-order valence-electron chi connectivity index (χ3n) is 4.02. The van der Waals surface area contributed by atoms with Crippen LogP contribution in [0.15, 0.2) is 0 Å². The first-order chi connectivity index (χ1) is 7.67. The van der Waals surface area contributed by atoms with Crippen LogP contribution in [0.1, 0.15) is 39.0 Å². The summed E-state index contributed by atoms with van der Waals surface area (Å²) >= 11 is 0. The maximum absolute atomic E-state index is 12.9. The Morgan fingerprint density at radius 2 is 2.19 bits per heavy atom. The second kappa shape index (κ2) is 4.96. The minimum absolute atomic E-state index is 0.0362. The molecule has 94 valence electrons. The van der Waals surface area contributed by atoms with E-state index in [4.69, 9.17) is 4.74 Å². The Morgan fingerprint density at radius 1 is 1.44 bits per heavy atom. The monoisotopic (exact) mass is 233 g/mol. The number of ether oxygens (including phenoxy) is 1. The fourth-order valence-corrected chi connectivity index (χ4v) is 2.99. The lowest BCUT2D eigenvalue weighted by Gasteiger charge is -2.48. The van der Waals surface area contributed by atoms with Gasteiger partial charge in [-0.2, -0.15) is 0 Å². The van der Waals surface area contributed by atoms with E-state index in [9.17, 15) is 8.78 Å². The van der Waals surface area contributed by atoms with E-state index in [-0.39, 0.29) is 11.5 Å². The van der Waals surface area contributed by atoms with Gasteiger partial charge >= 0.3 is 0 Å². The minimum atomic E-state index is -2.26. The molecule has 1 heterocycles. The predicted molar refractivity (Wildman–Crippen MR) is 58.7 cm³/mol. The summed E-state index contributed by atoms with van der Waals surface area (Å²) in [7, 11) is 0. The SMILES string of the molecule is CCNC(C(F)F)C1CCOC2(CCC2)C1. The van der Waals surface area contributed by atoms with Crippen molar-refractivity contribution in [2.24, 2.45) is 5.92 Å². The quantitative estimate of drug-likeness (QED) is 0.805. The molecule has 1 aliphatic heterocycles. The summed E-state index contributed by atoms with van der Waals surface area (Å²) in [6.45, 7) is 3.15. The van der Waals surface area contributed by atoms with Crippen LogP contribution in [-0.4, -0.2) is 31.2 Å². The lowest BCUT2D eigenvalue weighted by atomic mass is 9.70. The molecule has 1 spiro atoms. The van der Waals surface area contributed by atoms with E-state index < -0.39 is 12.5 Å². The number of rotatable bonds is 4. The Bertz CT molecular complexity index is 231. The van der Waals surface area contributed by atoms with Crippen LogP contribution in [0, 0.1) is 5.92 Å². The van der Waals surface area contributed by atoms with Gasteiger partial charge in [-0.25, -0.2) is 8.78 Å². The molecule has 2 rings (SSSR count). The number of alkyl halides is 2. The molecule has 1 saturated carbocycles. The van der Waals surface area contributed by atoms with Gasteiger partial charge in [-0.1, -0.05) is 6.92 Å². The molecule has 0 radical (unpaired) electrons. The summed E-state index contributed by atoms with van der Waals surface area (Å²) in [6, 6.07) is -0.647. The van der Waals surface area contributed by atoms with Gasteiger partial charge in [-0.15, -0.1) is 0 Å². The van der Waals surface area contributed by atoms with E-state index in [0.29, 0.717) is 13.2 Å². The highest BCUT2D eigenvalue weighted by atomic mass is 19.3. The van der Waals surface area contributed by atoms with Crippen LogP contribution in [0.25, 0.3) is 0 Å². The van der Waals surface area contributed by atoms with Crippen molar-refractivity contribution in [2.45, 2.75) is 57.1 Å². The van der Waals surface area contributed by atoms with E-state index in [1.54, 1.807) is 0 Å². The summed E-state index contributed by atoms with van der Waals surface area (Å²) in [5, 5.41) is 2.93. The number of hydrogen-bond donors (Lipinski definition) is 1. The van der Waals surface area contributed by atoms with Crippen molar-refractivity contribution in [1.82, 2.24) is 5.32 Å². The van der Waals surface area contributed by atoms with Crippen LogP contribution in [0.4, 0.5) is 8.78 Å². The van der Waals surface area contributed by atoms with E-state index in [0.717, 1.165) is 25.7 Å². The molecule has 0 aromatic carbocycles. The van der Waals surface area contributed by atoms with Crippen LogP contribution in [0.2, 0.25) is 0 Å². The highest BCUT2D eigenvalue weighted by molar-refractivity contribution is 4.97. The smallest absolute Gasteiger partial charge is 0.253 e. The lowest BCUT2D eigenvalue weighted by Crippen LogP contribution is -2.52. The Morgan fingerprint density at radius 3 is 2.69 bits per heavy atom. The first-order valence-electron chi connectivity index (χ1n) is 6.32. The molecule has 1 aliphatic carbocycles. The molecule has 0 aromatic heterocycles. The van der Waals surface area contributed by atoms with Gasteiger partial charge in [0.1, 0.15) is 0 Å². The number of hydrogen-bond acceptors (Lipinski definition) is 2. The molecule has 16 heavy (non-hydrogen) atoms. The normalized spacial score (nSPS) is 30.4.